The molecular formula is C5H9Br. The molecule has 0 atom stereocenters. The quantitative estimate of drug-likeness (QED) is 0.399. The van der Waals surface area contributed by atoms with E-state index in [1.165, 1.54) is 0 Å². The fraction of sp³-hybridized carbons (Fsp3) is 0.600. The van der Waals surface area contributed by atoms with E-state index in [4.69, 9.17) is 4.11 Å². The summed E-state index contributed by atoms with van der Waals surface area (Å²) in [6.45, 7) is -0.304. The molecule has 0 saturated carbocycles. The van der Waals surface area contributed by atoms with Gasteiger partial charge in [-0.3, -0.25) is 0 Å². The first-order valence-electron chi connectivity index (χ1n) is 3.21. The molecule has 0 bridgehead atoms. The summed E-state index contributed by atoms with van der Waals surface area (Å²) in [5, 5.41) is 0.608. The molecule has 0 heterocycles. The molecule has 6 heavy (non-hydrogen) atoms. The Bertz CT molecular complexity index is 114. The maximum absolute atomic E-state index is 6.89. The van der Waals surface area contributed by atoms with Crippen molar-refractivity contribution < 1.29 is 4.11 Å². The lowest BCUT2D eigenvalue weighted by Crippen LogP contribution is -1.62. The molecule has 0 saturated heterocycles. The summed E-state index contributed by atoms with van der Waals surface area (Å²) < 4.78 is 20.7. The van der Waals surface area contributed by atoms with Crippen molar-refractivity contribution in [3.8, 4) is 0 Å². The Morgan fingerprint density at radius 1 is 2.17 bits per heavy atom. The zero-order valence-electron chi connectivity index (χ0n) is 6.66. The van der Waals surface area contributed by atoms with E-state index in [1.807, 2.05) is 0 Å². The van der Waals surface area contributed by atoms with Crippen molar-refractivity contribution in [1.29, 1.82) is 0 Å². The molecule has 0 unspecified atom stereocenters. The molecule has 0 rings (SSSR count). The molecule has 0 aromatic rings. The molecule has 0 aromatic heterocycles. The summed E-state index contributed by atoms with van der Waals surface area (Å²) in [4.78, 5) is 0. The van der Waals surface area contributed by atoms with Gasteiger partial charge >= 0.3 is 0 Å². The molecule has 0 aliphatic carbocycles. The van der Waals surface area contributed by atoms with Crippen molar-refractivity contribution in [1.82, 2.24) is 0 Å². The number of alkyl halides is 1. The number of hydrogen-bond acceptors (Lipinski definition) is 0. The van der Waals surface area contributed by atoms with Gasteiger partial charge in [0.2, 0.25) is 0 Å². The van der Waals surface area contributed by atoms with E-state index in [1.54, 1.807) is 13.0 Å². The standard InChI is InChI=1S/C5H9Br/c1-5(2)3-4-6/h3H,4H2,1-2H3/i1D3/b5-3+. The van der Waals surface area contributed by atoms with Gasteiger partial charge < -0.3 is 0 Å². The molecule has 0 radical (unpaired) electrons. The first kappa shape index (κ1) is 2.51. The van der Waals surface area contributed by atoms with Crippen LogP contribution in [0.4, 0.5) is 0 Å². The van der Waals surface area contributed by atoms with Crippen molar-refractivity contribution in [2.24, 2.45) is 0 Å². The molecule has 0 amide bonds. The molecule has 0 aliphatic rings. The van der Waals surface area contributed by atoms with Crippen molar-refractivity contribution >= 4 is 15.9 Å². The average Bonchev–Trinajstić information content (AvgIpc) is 1.64. The maximum Gasteiger partial charge on any atom is 0.0276 e. The summed E-state index contributed by atoms with van der Waals surface area (Å²) in [7, 11) is 0. The van der Waals surface area contributed by atoms with Crippen molar-refractivity contribution in [2.45, 2.75) is 13.8 Å². The van der Waals surface area contributed by atoms with Gasteiger partial charge in [0.15, 0.2) is 0 Å². The van der Waals surface area contributed by atoms with E-state index in [0.717, 1.165) is 0 Å². The van der Waals surface area contributed by atoms with Gasteiger partial charge in [0, 0.05) is 9.44 Å². The Morgan fingerprint density at radius 3 is 3.00 bits per heavy atom. The SMILES string of the molecule is [2H]C([2H])([2H])/C(C)=C\CBr. The molecule has 0 nitrogen and oxygen atoms in total. The van der Waals surface area contributed by atoms with Gasteiger partial charge in [-0.2, -0.15) is 0 Å². The predicted molar refractivity (Wildman–Crippen MR) is 33.2 cm³/mol. The predicted octanol–water partition coefficient (Wildman–Crippen LogP) is 2.35. The number of rotatable bonds is 1. The second-order valence-corrected chi connectivity index (χ2v) is 1.69. The fourth-order valence-electron chi connectivity index (χ4n) is 0.116. The molecule has 0 aliphatic heterocycles. The third-order valence-electron chi connectivity index (χ3n) is 0.383. The van der Waals surface area contributed by atoms with Gasteiger partial charge in [0.25, 0.3) is 0 Å². The first-order valence-corrected chi connectivity index (χ1v) is 2.84. The van der Waals surface area contributed by atoms with Crippen molar-refractivity contribution in [3.05, 3.63) is 11.6 Å². The third kappa shape index (κ3) is 4.22. The first-order chi connectivity index (χ1) is 3.98. The smallest absolute Gasteiger partial charge is 0.0276 e. The summed E-state index contributed by atoms with van der Waals surface area (Å²) >= 11 is 3.12. The third-order valence-corrected chi connectivity index (χ3v) is 0.707. The van der Waals surface area contributed by atoms with Gasteiger partial charge in [0.1, 0.15) is 0 Å². The highest BCUT2D eigenvalue weighted by Crippen LogP contribution is 1.89. The lowest BCUT2D eigenvalue weighted by molar-refractivity contribution is 1.37. The monoisotopic (exact) mass is 151 g/mol. The van der Waals surface area contributed by atoms with Gasteiger partial charge in [-0.25, -0.2) is 0 Å². The van der Waals surface area contributed by atoms with E-state index in [9.17, 15) is 0 Å². The lowest BCUT2D eigenvalue weighted by Gasteiger charge is -1.79. The minimum atomic E-state index is -1.91. The van der Waals surface area contributed by atoms with Crippen LogP contribution in [-0.4, -0.2) is 5.33 Å². The Balaban J connectivity index is 4.03. The fourth-order valence-corrected chi connectivity index (χ4v) is 0.601. The van der Waals surface area contributed by atoms with Crippen LogP contribution in [0.5, 0.6) is 0 Å². The maximum atomic E-state index is 6.89. The number of hydrogen-bond donors (Lipinski definition) is 0. The highest BCUT2D eigenvalue weighted by atomic mass is 79.9. The minimum absolute atomic E-state index is 0.444. The number of allylic oxidation sites excluding steroid dienone is 2. The van der Waals surface area contributed by atoms with Crippen LogP contribution in [-0.2, 0) is 0 Å². The summed E-state index contributed by atoms with van der Waals surface area (Å²) in [6.07, 6.45) is 1.65. The molecule has 36 valence electrons. The second kappa shape index (κ2) is 3.41. The van der Waals surface area contributed by atoms with Gasteiger partial charge in [-0.05, 0) is 13.8 Å². The van der Waals surface area contributed by atoms with Crippen molar-refractivity contribution in [3.63, 3.8) is 0 Å². The van der Waals surface area contributed by atoms with E-state index in [0.29, 0.717) is 10.9 Å². The van der Waals surface area contributed by atoms with E-state index in [-0.39, 0.29) is 0 Å². The Labute approximate surface area is 51.6 Å². The Kier molecular flexibility index (Phi) is 1.43. The highest BCUT2D eigenvalue weighted by Gasteiger charge is 1.68. The normalized spacial score (nSPS) is 21.7. The van der Waals surface area contributed by atoms with Gasteiger partial charge in [-0.1, -0.05) is 27.6 Å². The van der Waals surface area contributed by atoms with Crippen LogP contribution >= 0.6 is 15.9 Å². The molecule has 1 heteroatoms. The topological polar surface area (TPSA) is 0 Å². The molecule has 0 aromatic carbocycles. The second-order valence-electron chi connectivity index (χ2n) is 1.04. The van der Waals surface area contributed by atoms with Crippen LogP contribution < -0.4 is 0 Å². The molecular weight excluding hydrogens is 140 g/mol. The van der Waals surface area contributed by atoms with E-state index in [2.05, 4.69) is 15.9 Å². The molecule has 0 fully saturated rings. The molecule has 0 spiro atoms. The zero-order valence-corrected chi connectivity index (χ0v) is 5.25. The van der Waals surface area contributed by atoms with Crippen molar-refractivity contribution in [2.75, 3.05) is 5.33 Å². The van der Waals surface area contributed by atoms with Crippen LogP contribution in [0.2, 0.25) is 0 Å². The largest absolute Gasteiger partial charge is 0.0883 e. The lowest BCUT2D eigenvalue weighted by atomic mass is 10.3. The Morgan fingerprint density at radius 2 is 2.83 bits per heavy atom. The van der Waals surface area contributed by atoms with Crippen LogP contribution in [0.1, 0.15) is 17.9 Å². The average molecular weight is 152 g/mol. The summed E-state index contributed by atoms with van der Waals surface area (Å²) in [5.74, 6) is 0. The summed E-state index contributed by atoms with van der Waals surface area (Å²) in [5.41, 5.74) is 0.444. The minimum Gasteiger partial charge on any atom is -0.0883 e. The van der Waals surface area contributed by atoms with E-state index >= 15 is 0 Å². The zero-order chi connectivity index (χ0) is 7.49. The number of halogens is 1. The van der Waals surface area contributed by atoms with Crippen LogP contribution in [0, 0.1) is 0 Å². The van der Waals surface area contributed by atoms with Crippen LogP contribution in [0.15, 0.2) is 11.6 Å². The van der Waals surface area contributed by atoms with Crippen LogP contribution in [0.3, 0.4) is 0 Å². The van der Waals surface area contributed by atoms with Crippen LogP contribution in [0.25, 0.3) is 0 Å². The van der Waals surface area contributed by atoms with E-state index < -0.39 is 6.85 Å². The Hall–Kier alpha value is 0.220. The van der Waals surface area contributed by atoms with Gasteiger partial charge in [-0.15, -0.1) is 0 Å². The highest BCUT2D eigenvalue weighted by molar-refractivity contribution is 9.09. The van der Waals surface area contributed by atoms with Gasteiger partial charge in [0.05, 0.1) is 0 Å². The molecule has 0 N–H and O–H groups in total. The summed E-state index contributed by atoms with van der Waals surface area (Å²) in [6, 6.07) is 0.